The molecule has 3 aromatic rings. The summed E-state index contributed by atoms with van der Waals surface area (Å²) in [5.41, 5.74) is 1.08. The van der Waals surface area contributed by atoms with Crippen LogP contribution in [0.25, 0.3) is 11.3 Å². The predicted octanol–water partition coefficient (Wildman–Crippen LogP) is 5.08. The van der Waals surface area contributed by atoms with Crippen LogP contribution >= 0.6 is 11.6 Å². The number of carboxylic acid groups (broad SMARTS) is 1. The molecule has 5 rings (SSSR count). The van der Waals surface area contributed by atoms with Crippen LogP contribution in [0.3, 0.4) is 0 Å². The molecule has 0 radical (unpaired) electrons. The SMILES string of the molecule is C[C@H](CCOC(=O)O)n1nnnc1COC[C@H](C)NC1CCC(Nc2cc(-c3cccc(NCC4(C#N)CCOCC4)n3)c(Cl)cn2)CC1. The monoisotopic (exact) mass is 696 g/mol. The first kappa shape index (κ1) is 36.2. The summed E-state index contributed by atoms with van der Waals surface area (Å²) in [7, 11) is 0. The number of hydrogen-bond donors (Lipinski definition) is 4. The fourth-order valence-electron chi connectivity index (χ4n) is 6.23. The number of pyridine rings is 2. The Morgan fingerprint density at radius 3 is 2.73 bits per heavy atom. The summed E-state index contributed by atoms with van der Waals surface area (Å²) in [5, 5.41) is 41.4. The van der Waals surface area contributed by atoms with Gasteiger partial charge in [-0.2, -0.15) is 5.26 Å². The lowest BCUT2D eigenvalue weighted by Crippen LogP contribution is -2.43. The summed E-state index contributed by atoms with van der Waals surface area (Å²) in [5.74, 6) is 2.04. The molecule has 1 saturated carbocycles. The molecule has 0 bridgehead atoms. The molecule has 264 valence electrons. The van der Waals surface area contributed by atoms with Crippen molar-refractivity contribution in [3.63, 3.8) is 0 Å². The summed E-state index contributed by atoms with van der Waals surface area (Å²) in [6, 6.07) is 10.9. The van der Waals surface area contributed by atoms with E-state index in [0.717, 1.165) is 42.8 Å². The lowest BCUT2D eigenvalue weighted by atomic mass is 9.82. The van der Waals surface area contributed by atoms with Crippen molar-refractivity contribution in [1.29, 1.82) is 5.26 Å². The van der Waals surface area contributed by atoms with Gasteiger partial charge < -0.3 is 35.3 Å². The van der Waals surface area contributed by atoms with Gasteiger partial charge in [-0.25, -0.2) is 19.4 Å². The molecule has 2 atom stereocenters. The molecule has 0 unspecified atom stereocenters. The van der Waals surface area contributed by atoms with Crippen LogP contribution in [0.2, 0.25) is 5.02 Å². The van der Waals surface area contributed by atoms with Gasteiger partial charge in [0.2, 0.25) is 0 Å². The Kier molecular flexibility index (Phi) is 12.9. The molecular weight excluding hydrogens is 652 g/mol. The van der Waals surface area contributed by atoms with Gasteiger partial charge in [0.15, 0.2) is 5.82 Å². The van der Waals surface area contributed by atoms with Gasteiger partial charge in [0.05, 0.1) is 41.5 Å². The Labute approximate surface area is 291 Å². The number of nitrogens with zero attached hydrogens (tertiary/aromatic N) is 7. The number of aromatic nitrogens is 6. The molecule has 15 nitrogen and oxygen atoms in total. The van der Waals surface area contributed by atoms with E-state index in [9.17, 15) is 10.1 Å². The molecule has 2 fully saturated rings. The zero-order chi connectivity index (χ0) is 34.6. The highest BCUT2D eigenvalue weighted by molar-refractivity contribution is 6.33. The maximum absolute atomic E-state index is 10.6. The predicted molar refractivity (Wildman–Crippen MR) is 182 cm³/mol. The van der Waals surface area contributed by atoms with Gasteiger partial charge in [0.1, 0.15) is 18.2 Å². The lowest BCUT2D eigenvalue weighted by Gasteiger charge is -2.32. The molecule has 1 aliphatic carbocycles. The number of tetrazole rings is 1. The van der Waals surface area contributed by atoms with Crippen LogP contribution in [0.1, 0.15) is 70.7 Å². The van der Waals surface area contributed by atoms with Crippen LogP contribution in [0, 0.1) is 16.7 Å². The van der Waals surface area contributed by atoms with E-state index in [1.165, 1.54) is 0 Å². The Morgan fingerprint density at radius 1 is 1.20 bits per heavy atom. The second-order valence-electron chi connectivity index (χ2n) is 12.9. The van der Waals surface area contributed by atoms with E-state index < -0.39 is 11.6 Å². The van der Waals surface area contributed by atoms with E-state index in [1.54, 1.807) is 10.9 Å². The van der Waals surface area contributed by atoms with Gasteiger partial charge in [0.25, 0.3) is 0 Å². The number of hydrogen-bond acceptors (Lipinski definition) is 13. The standard InChI is InChI=1S/C33H45ClN10O5/c1-22(18-48-19-31-41-42-43-44(31)23(2)10-13-49-32(45)46)38-24-6-8-25(9-7-24)39-30-16-26(27(34)17-36-30)28-4-3-5-29(40-28)37-21-33(20-35)11-14-47-15-12-33/h3-5,16-17,22-25,38H,6-15,18-19,21H2,1-2H3,(H,36,39)(H,37,40)(H,45,46)/t22-,23+,24?,25?/m0/s1. The average Bonchev–Trinajstić information content (AvgIpc) is 3.58. The van der Waals surface area contributed by atoms with Gasteiger partial charge in [-0.15, -0.1) is 5.10 Å². The van der Waals surface area contributed by atoms with Gasteiger partial charge >= 0.3 is 6.16 Å². The molecule has 2 aliphatic rings. The Morgan fingerprint density at radius 2 is 1.98 bits per heavy atom. The average molecular weight is 697 g/mol. The van der Waals surface area contributed by atoms with Crippen LogP contribution in [-0.2, 0) is 20.8 Å². The van der Waals surface area contributed by atoms with Crippen molar-refractivity contribution in [3.05, 3.63) is 41.3 Å². The van der Waals surface area contributed by atoms with Crippen molar-refractivity contribution in [1.82, 2.24) is 35.5 Å². The Balaban J connectivity index is 1.05. The number of anilines is 2. The minimum Gasteiger partial charge on any atom is -0.450 e. The maximum atomic E-state index is 10.6. The Hall–Kier alpha value is -4.10. The molecule has 0 aromatic carbocycles. The lowest BCUT2D eigenvalue weighted by molar-refractivity contribution is 0.0455. The first-order chi connectivity index (χ1) is 23.7. The van der Waals surface area contributed by atoms with Crippen molar-refractivity contribution in [2.75, 3.05) is 43.6 Å². The van der Waals surface area contributed by atoms with Crippen LogP contribution in [0.15, 0.2) is 30.5 Å². The minimum absolute atomic E-state index is 0.0693. The van der Waals surface area contributed by atoms with Gasteiger partial charge in [-0.05, 0) is 81.0 Å². The number of carbonyl (C=O) groups is 1. The third-order valence-corrected chi connectivity index (χ3v) is 9.41. The van der Waals surface area contributed by atoms with E-state index in [2.05, 4.69) is 54.2 Å². The quantitative estimate of drug-likeness (QED) is 0.145. The van der Waals surface area contributed by atoms with Gasteiger partial charge in [-0.3, -0.25) is 0 Å². The molecule has 1 saturated heterocycles. The molecule has 0 spiro atoms. The van der Waals surface area contributed by atoms with Crippen molar-refractivity contribution in [2.24, 2.45) is 5.41 Å². The highest BCUT2D eigenvalue weighted by Crippen LogP contribution is 2.32. The maximum Gasteiger partial charge on any atom is 0.505 e. The van der Waals surface area contributed by atoms with Crippen molar-refractivity contribution >= 4 is 29.4 Å². The number of nitriles is 1. The van der Waals surface area contributed by atoms with E-state index in [-0.39, 0.29) is 31.3 Å². The number of rotatable bonds is 16. The van der Waals surface area contributed by atoms with E-state index in [4.69, 9.17) is 31.2 Å². The molecule has 49 heavy (non-hydrogen) atoms. The van der Waals surface area contributed by atoms with E-state index in [0.29, 0.717) is 68.3 Å². The topological polar surface area (TPSA) is 194 Å². The number of halogens is 1. The summed E-state index contributed by atoms with van der Waals surface area (Å²) < 4.78 is 17.6. The van der Waals surface area contributed by atoms with Crippen molar-refractivity contribution in [2.45, 2.75) is 89.6 Å². The second-order valence-corrected chi connectivity index (χ2v) is 13.3. The van der Waals surface area contributed by atoms with Crippen LogP contribution in [0.5, 0.6) is 0 Å². The third-order valence-electron chi connectivity index (χ3n) is 9.11. The van der Waals surface area contributed by atoms with Crippen LogP contribution in [0.4, 0.5) is 16.4 Å². The molecule has 1 aliphatic heterocycles. The summed E-state index contributed by atoms with van der Waals surface area (Å²) in [4.78, 5) is 19.9. The third kappa shape index (κ3) is 10.4. The zero-order valence-corrected chi connectivity index (χ0v) is 28.7. The highest BCUT2D eigenvalue weighted by Gasteiger charge is 2.32. The molecule has 16 heteroatoms. The van der Waals surface area contributed by atoms with E-state index in [1.807, 2.05) is 31.2 Å². The van der Waals surface area contributed by atoms with Crippen molar-refractivity contribution < 1.29 is 24.1 Å². The van der Waals surface area contributed by atoms with Crippen LogP contribution < -0.4 is 16.0 Å². The van der Waals surface area contributed by atoms with Crippen LogP contribution in [-0.4, -0.2) is 92.5 Å². The first-order valence-corrected chi connectivity index (χ1v) is 17.2. The zero-order valence-electron chi connectivity index (χ0n) is 28.0. The normalized spacial score (nSPS) is 20.1. The summed E-state index contributed by atoms with van der Waals surface area (Å²) >= 11 is 6.59. The minimum atomic E-state index is -1.30. The van der Waals surface area contributed by atoms with E-state index >= 15 is 0 Å². The van der Waals surface area contributed by atoms with Gasteiger partial charge in [-0.1, -0.05) is 17.7 Å². The molecular formula is C33H45ClN10O5. The summed E-state index contributed by atoms with van der Waals surface area (Å²) in [6.07, 6.45) is 6.25. The number of nitrogens with one attached hydrogen (secondary N) is 3. The highest BCUT2D eigenvalue weighted by atomic mass is 35.5. The largest absolute Gasteiger partial charge is 0.505 e. The molecule has 0 amide bonds. The van der Waals surface area contributed by atoms with Crippen molar-refractivity contribution in [3.8, 4) is 17.3 Å². The molecule has 4 heterocycles. The Bertz CT molecular complexity index is 1550. The molecule has 4 N–H and O–H groups in total. The summed E-state index contributed by atoms with van der Waals surface area (Å²) in [6.45, 7) is 6.53. The van der Waals surface area contributed by atoms with Gasteiger partial charge in [0, 0.05) is 56.1 Å². The fraction of sp³-hybridized carbons (Fsp3) is 0.606. The second kappa shape index (κ2) is 17.5. The fourth-order valence-corrected chi connectivity index (χ4v) is 6.43. The smallest absolute Gasteiger partial charge is 0.450 e. The number of ether oxygens (including phenoxy) is 3. The molecule has 3 aromatic heterocycles. The first-order valence-electron chi connectivity index (χ1n) is 16.8.